The number of aryl methyl sites for hydroxylation is 1. The Balaban J connectivity index is 1.33. The van der Waals surface area contributed by atoms with Crippen LogP contribution in [0.2, 0.25) is 0 Å². The molecule has 2 aromatic heterocycles. The molecule has 6 heteroatoms. The van der Waals surface area contributed by atoms with Crippen molar-refractivity contribution in [1.82, 2.24) is 25.1 Å². The molecular weight excluding hydrogens is 336 g/mol. The van der Waals surface area contributed by atoms with Crippen LogP contribution in [0.4, 0.5) is 5.69 Å². The summed E-state index contributed by atoms with van der Waals surface area (Å²) in [5.41, 5.74) is 2.46. The molecular formula is C21H32N6. The van der Waals surface area contributed by atoms with Gasteiger partial charge < -0.3 is 4.90 Å². The third kappa shape index (κ3) is 4.00. The second kappa shape index (κ2) is 7.23. The minimum atomic E-state index is 0.435. The molecule has 0 radical (unpaired) electrons. The van der Waals surface area contributed by atoms with Crippen molar-refractivity contribution in [3.05, 3.63) is 24.2 Å². The molecule has 2 aromatic rings. The first-order valence-corrected chi connectivity index (χ1v) is 10.2. The minimum absolute atomic E-state index is 0.435. The molecule has 1 atom stereocenters. The fourth-order valence-corrected chi connectivity index (χ4v) is 4.48. The smallest absolute Gasteiger partial charge is 0.199 e. The molecule has 0 bridgehead atoms. The highest BCUT2D eigenvalue weighted by atomic mass is 15.2. The molecule has 1 unspecified atom stereocenters. The van der Waals surface area contributed by atoms with Gasteiger partial charge in [-0.2, -0.15) is 5.10 Å². The normalized spacial score (nSPS) is 22.5. The molecule has 4 heterocycles. The van der Waals surface area contributed by atoms with Crippen LogP contribution in [0, 0.1) is 18.3 Å². The van der Waals surface area contributed by atoms with E-state index in [0.29, 0.717) is 11.2 Å². The van der Waals surface area contributed by atoms with Crippen LogP contribution in [0.3, 0.4) is 0 Å². The van der Waals surface area contributed by atoms with Crippen molar-refractivity contribution in [3.8, 4) is 11.5 Å². The van der Waals surface area contributed by atoms with Gasteiger partial charge in [0.25, 0.3) is 0 Å². The van der Waals surface area contributed by atoms with Gasteiger partial charge in [0.05, 0.1) is 11.9 Å². The van der Waals surface area contributed by atoms with Crippen molar-refractivity contribution < 1.29 is 0 Å². The number of nitrogens with one attached hydrogen (secondary N) is 1. The monoisotopic (exact) mass is 368 g/mol. The number of piperidine rings is 1. The van der Waals surface area contributed by atoms with Crippen LogP contribution in [-0.2, 0) is 0 Å². The van der Waals surface area contributed by atoms with E-state index < -0.39 is 0 Å². The molecule has 2 saturated heterocycles. The number of rotatable bonds is 3. The van der Waals surface area contributed by atoms with Crippen molar-refractivity contribution in [2.45, 2.75) is 53.0 Å². The lowest BCUT2D eigenvalue weighted by atomic mass is 9.80. The third-order valence-electron chi connectivity index (χ3n) is 6.36. The van der Waals surface area contributed by atoms with E-state index in [1.165, 1.54) is 38.0 Å². The van der Waals surface area contributed by atoms with Gasteiger partial charge in [-0.05, 0) is 56.2 Å². The van der Waals surface area contributed by atoms with Crippen molar-refractivity contribution in [1.29, 1.82) is 0 Å². The van der Waals surface area contributed by atoms with Crippen LogP contribution in [-0.4, -0.2) is 57.3 Å². The molecule has 6 nitrogen and oxygen atoms in total. The maximum Gasteiger partial charge on any atom is 0.199 e. The Bertz CT molecular complexity index is 752. The second-order valence-electron chi connectivity index (χ2n) is 9.21. The summed E-state index contributed by atoms with van der Waals surface area (Å²) in [7, 11) is 0. The molecule has 0 saturated carbocycles. The second-order valence-corrected chi connectivity index (χ2v) is 9.21. The van der Waals surface area contributed by atoms with E-state index in [2.05, 4.69) is 56.8 Å². The first-order chi connectivity index (χ1) is 12.9. The average Bonchev–Trinajstić information content (AvgIpc) is 3.31. The number of hydrogen-bond donors (Lipinski definition) is 1. The maximum absolute atomic E-state index is 4.57. The van der Waals surface area contributed by atoms with Crippen LogP contribution in [0.15, 0.2) is 18.3 Å². The van der Waals surface area contributed by atoms with Crippen molar-refractivity contribution >= 4 is 5.69 Å². The minimum Gasteiger partial charge on any atom is -0.370 e. The van der Waals surface area contributed by atoms with Crippen LogP contribution in [0.25, 0.3) is 11.5 Å². The van der Waals surface area contributed by atoms with Gasteiger partial charge in [0.1, 0.15) is 11.5 Å². The Morgan fingerprint density at radius 2 is 1.85 bits per heavy atom. The SMILES string of the molecule is Cc1nc(-c2ccc(N3CCC(N4CCC(C(C)(C)C)C4)CC3)cn2)n[nH]1. The van der Waals surface area contributed by atoms with E-state index in [1.807, 2.05) is 19.2 Å². The fourth-order valence-electron chi connectivity index (χ4n) is 4.48. The summed E-state index contributed by atoms with van der Waals surface area (Å²) in [6, 6.07) is 4.93. The van der Waals surface area contributed by atoms with Crippen molar-refractivity contribution in [3.63, 3.8) is 0 Å². The zero-order valence-electron chi connectivity index (χ0n) is 17.1. The highest BCUT2D eigenvalue weighted by molar-refractivity contribution is 5.54. The highest BCUT2D eigenvalue weighted by Crippen LogP contribution is 2.36. The van der Waals surface area contributed by atoms with Gasteiger partial charge in [0.15, 0.2) is 5.82 Å². The first-order valence-electron chi connectivity index (χ1n) is 10.2. The summed E-state index contributed by atoms with van der Waals surface area (Å²) < 4.78 is 0. The molecule has 2 fully saturated rings. The molecule has 2 aliphatic rings. The Kier molecular flexibility index (Phi) is 4.93. The standard InChI is InChI=1S/C21H32N6/c1-15-23-20(25-24-15)19-6-5-18(13-22-19)26-11-8-17(9-12-26)27-10-7-16(14-27)21(2,3)4/h5-6,13,16-17H,7-12,14H2,1-4H3,(H,23,24,25). The van der Waals surface area contributed by atoms with Gasteiger partial charge in [0, 0.05) is 25.7 Å². The van der Waals surface area contributed by atoms with Gasteiger partial charge >= 0.3 is 0 Å². The Hall–Kier alpha value is -1.95. The lowest BCUT2D eigenvalue weighted by molar-refractivity contribution is 0.174. The average molecular weight is 369 g/mol. The van der Waals surface area contributed by atoms with Gasteiger partial charge in [-0.15, -0.1) is 0 Å². The summed E-state index contributed by atoms with van der Waals surface area (Å²) >= 11 is 0. The van der Waals surface area contributed by atoms with Crippen LogP contribution in [0.1, 0.15) is 45.9 Å². The lowest BCUT2D eigenvalue weighted by Gasteiger charge is -2.38. The van der Waals surface area contributed by atoms with E-state index in [-0.39, 0.29) is 0 Å². The van der Waals surface area contributed by atoms with Gasteiger partial charge in [-0.1, -0.05) is 20.8 Å². The van der Waals surface area contributed by atoms with E-state index in [4.69, 9.17) is 0 Å². The summed E-state index contributed by atoms with van der Waals surface area (Å²) in [6.07, 6.45) is 5.82. The molecule has 0 aromatic carbocycles. The number of H-pyrrole nitrogens is 1. The first kappa shape index (κ1) is 18.4. The summed E-state index contributed by atoms with van der Waals surface area (Å²) in [6.45, 7) is 13.9. The molecule has 146 valence electrons. The lowest BCUT2D eigenvalue weighted by Crippen LogP contribution is -2.44. The zero-order chi connectivity index (χ0) is 19.0. The van der Waals surface area contributed by atoms with E-state index in [0.717, 1.165) is 36.6 Å². The molecule has 2 aliphatic heterocycles. The molecule has 27 heavy (non-hydrogen) atoms. The number of aromatic amines is 1. The number of likely N-dealkylation sites (tertiary alicyclic amines) is 1. The van der Waals surface area contributed by atoms with Gasteiger partial charge in [-0.25, -0.2) is 4.98 Å². The van der Waals surface area contributed by atoms with Crippen LogP contribution < -0.4 is 4.90 Å². The molecule has 0 spiro atoms. The largest absolute Gasteiger partial charge is 0.370 e. The quantitative estimate of drug-likeness (QED) is 0.898. The summed E-state index contributed by atoms with van der Waals surface area (Å²) in [4.78, 5) is 14.1. The van der Waals surface area contributed by atoms with Gasteiger partial charge in [-0.3, -0.25) is 15.0 Å². The topological polar surface area (TPSA) is 60.9 Å². The Morgan fingerprint density at radius 3 is 2.41 bits per heavy atom. The summed E-state index contributed by atoms with van der Waals surface area (Å²) in [5.74, 6) is 2.32. The number of anilines is 1. The molecule has 4 rings (SSSR count). The van der Waals surface area contributed by atoms with Crippen LogP contribution >= 0.6 is 0 Å². The third-order valence-corrected chi connectivity index (χ3v) is 6.36. The van der Waals surface area contributed by atoms with E-state index in [9.17, 15) is 0 Å². The van der Waals surface area contributed by atoms with Crippen molar-refractivity contribution in [2.75, 3.05) is 31.1 Å². The molecule has 1 N–H and O–H groups in total. The molecule has 0 amide bonds. The number of hydrogen-bond acceptors (Lipinski definition) is 5. The fraction of sp³-hybridized carbons (Fsp3) is 0.667. The Morgan fingerprint density at radius 1 is 1.07 bits per heavy atom. The van der Waals surface area contributed by atoms with E-state index in [1.54, 1.807) is 0 Å². The van der Waals surface area contributed by atoms with Gasteiger partial charge in [0.2, 0.25) is 0 Å². The number of nitrogens with zero attached hydrogens (tertiary/aromatic N) is 5. The highest BCUT2D eigenvalue weighted by Gasteiger charge is 2.35. The summed E-state index contributed by atoms with van der Waals surface area (Å²) in [5, 5.41) is 7.06. The van der Waals surface area contributed by atoms with E-state index >= 15 is 0 Å². The molecule has 0 aliphatic carbocycles. The van der Waals surface area contributed by atoms with Crippen molar-refractivity contribution in [2.24, 2.45) is 11.3 Å². The Labute approximate surface area is 162 Å². The van der Waals surface area contributed by atoms with Crippen LogP contribution in [0.5, 0.6) is 0 Å². The number of pyridine rings is 1. The predicted octanol–water partition coefficient (Wildman–Crippen LogP) is 3.51. The maximum atomic E-state index is 4.57. The predicted molar refractivity (Wildman–Crippen MR) is 109 cm³/mol. The zero-order valence-corrected chi connectivity index (χ0v) is 17.1. The number of aromatic nitrogens is 4.